The third kappa shape index (κ3) is 6.13. The van der Waals surface area contributed by atoms with Crippen molar-refractivity contribution in [1.29, 1.82) is 0 Å². The highest BCUT2D eigenvalue weighted by Crippen LogP contribution is 2.24. The largest absolute Gasteiger partial charge is 0.492 e. The molecule has 0 aliphatic carbocycles. The fraction of sp³-hybridized carbons (Fsp3) is 0.632. The average Bonchev–Trinajstić information content (AvgIpc) is 2.53. The molecule has 5 heteroatoms. The monoisotopic (exact) mass is 333 g/mol. The molecule has 1 fully saturated rings. The van der Waals surface area contributed by atoms with E-state index in [1.165, 1.54) is 5.56 Å². The fourth-order valence-electron chi connectivity index (χ4n) is 2.68. The normalized spacial score (nSPS) is 16.8. The van der Waals surface area contributed by atoms with Crippen molar-refractivity contribution >= 4 is 5.91 Å². The van der Waals surface area contributed by atoms with Crippen LogP contribution >= 0.6 is 0 Å². The van der Waals surface area contributed by atoms with Gasteiger partial charge in [0, 0.05) is 26.2 Å². The van der Waals surface area contributed by atoms with Gasteiger partial charge in [-0.2, -0.15) is 0 Å². The lowest BCUT2D eigenvalue weighted by molar-refractivity contribution is -0.122. The predicted molar refractivity (Wildman–Crippen MR) is 97.6 cm³/mol. The number of benzene rings is 1. The zero-order valence-corrected chi connectivity index (χ0v) is 15.5. The van der Waals surface area contributed by atoms with Gasteiger partial charge in [-0.15, -0.1) is 0 Å². The third-order valence-electron chi connectivity index (χ3n) is 4.38. The minimum absolute atomic E-state index is 0.0752. The molecule has 1 saturated heterocycles. The first-order valence-corrected chi connectivity index (χ1v) is 8.75. The van der Waals surface area contributed by atoms with Crippen molar-refractivity contribution in [2.24, 2.45) is 0 Å². The summed E-state index contributed by atoms with van der Waals surface area (Å²) in [6.07, 6.45) is 0. The molecule has 24 heavy (non-hydrogen) atoms. The number of amides is 1. The Kier molecular flexibility index (Phi) is 6.63. The van der Waals surface area contributed by atoms with Crippen LogP contribution in [0.5, 0.6) is 5.75 Å². The van der Waals surface area contributed by atoms with Gasteiger partial charge in [-0.3, -0.25) is 9.69 Å². The number of piperazine rings is 1. The quantitative estimate of drug-likeness (QED) is 0.805. The molecule has 134 valence electrons. The summed E-state index contributed by atoms with van der Waals surface area (Å²) in [5, 5.41) is 2.93. The van der Waals surface area contributed by atoms with Gasteiger partial charge < -0.3 is 15.0 Å². The molecule has 0 spiro atoms. The number of nitrogens with zero attached hydrogens (tertiary/aromatic N) is 2. The molecule has 1 aromatic carbocycles. The Hall–Kier alpha value is -1.59. The highest BCUT2D eigenvalue weighted by molar-refractivity contribution is 5.78. The maximum Gasteiger partial charge on any atom is 0.234 e. The summed E-state index contributed by atoms with van der Waals surface area (Å²) in [6.45, 7) is 12.1. The number of hydrogen-bond acceptors (Lipinski definition) is 4. The summed E-state index contributed by atoms with van der Waals surface area (Å²) in [5.74, 6) is 0.919. The number of likely N-dealkylation sites (N-methyl/N-ethyl adjacent to an activating group) is 1. The molecule has 1 N–H and O–H groups in total. The molecule has 5 nitrogen and oxygen atoms in total. The molecule has 0 aromatic heterocycles. The second kappa shape index (κ2) is 8.49. The maximum atomic E-state index is 11.9. The van der Waals surface area contributed by atoms with Gasteiger partial charge in [-0.1, -0.05) is 32.9 Å². The van der Waals surface area contributed by atoms with Crippen LogP contribution in [-0.2, 0) is 10.2 Å². The number of rotatable bonds is 6. The summed E-state index contributed by atoms with van der Waals surface area (Å²) in [7, 11) is 2.11. The molecule has 1 aliphatic rings. The molecule has 1 heterocycles. The molecular formula is C19H31N3O2. The zero-order valence-electron chi connectivity index (χ0n) is 15.5. The molecule has 0 bridgehead atoms. The van der Waals surface area contributed by atoms with Gasteiger partial charge in [-0.25, -0.2) is 0 Å². The number of nitrogens with one attached hydrogen (secondary N) is 1. The van der Waals surface area contributed by atoms with E-state index in [1.54, 1.807) is 0 Å². The lowest BCUT2D eigenvalue weighted by atomic mass is 9.87. The van der Waals surface area contributed by atoms with Gasteiger partial charge in [0.05, 0.1) is 13.1 Å². The predicted octanol–water partition coefficient (Wildman–Crippen LogP) is 1.73. The second-order valence-corrected chi connectivity index (χ2v) is 7.55. The van der Waals surface area contributed by atoms with Gasteiger partial charge in [0.1, 0.15) is 12.4 Å². The first kappa shape index (κ1) is 18.7. The van der Waals surface area contributed by atoms with Gasteiger partial charge in [0.15, 0.2) is 0 Å². The molecule has 2 rings (SSSR count). The topological polar surface area (TPSA) is 44.8 Å². The molecule has 0 unspecified atom stereocenters. The van der Waals surface area contributed by atoms with Crippen LogP contribution in [0.4, 0.5) is 0 Å². The Labute approximate surface area is 146 Å². The highest BCUT2D eigenvalue weighted by atomic mass is 16.5. The van der Waals surface area contributed by atoms with E-state index in [4.69, 9.17) is 4.74 Å². The molecule has 1 amide bonds. The third-order valence-corrected chi connectivity index (χ3v) is 4.38. The molecular weight excluding hydrogens is 302 g/mol. The maximum absolute atomic E-state index is 11.9. The highest BCUT2D eigenvalue weighted by Gasteiger charge is 2.16. The first-order chi connectivity index (χ1) is 11.3. The van der Waals surface area contributed by atoms with E-state index in [-0.39, 0.29) is 11.3 Å². The summed E-state index contributed by atoms with van der Waals surface area (Å²) in [6, 6.07) is 8.18. The van der Waals surface area contributed by atoms with Crippen LogP contribution in [0, 0.1) is 0 Å². The Morgan fingerprint density at radius 3 is 2.33 bits per heavy atom. The van der Waals surface area contributed by atoms with Crippen LogP contribution in [0.1, 0.15) is 26.3 Å². The van der Waals surface area contributed by atoms with Crippen LogP contribution < -0.4 is 10.1 Å². The SMILES string of the molecule is CN1CCN(CC(=O)NCCOc2ccc(C(C)(C)C)cc2)CC1. The molecule has 1 aromatic rings. The van der Waals surface area contributed by atoms with Gasteiger partial charge in [0.2, 0.25) is 5.91 Å². The van der Waals surface area contributed by atoms with Crippen molar-refractivity contribution in [1.82, 2.24) is 15.1 Å². The van der Waals surface area contributed by atoms with Crippen LogP contribution in [-0.4, -0.2) is 68.6 Å². The summed E-state index contributed by atoms with van der Waals surface area (Å²) in [5.41, 5.74) is 1.44. The Bertz CT molecular complexity index is 514. The van der Waals surface area contributed by atoms with E-state index in [2.05, 4.69) is 55.1 Å². The molecule has 1 aliphatic heterocycles. The smallest absolute Gasteiger partial charge is 0.234 e. The Morgan fingerprint density at radius 1 is 1.12 bits per heavy atom. The van der Waals surface area contributed by atoms with Crippen molar-refractivity contribution in [3.63, 3.8) is 0 Å². The lowest BCUT2D eigenvalue weighted by Crippen LogP contribution is -2.48. The van der Waals surface area contributed by atoms with Gasteiger partial charge in [0.25, 0.3) is 0 Å². The van der Waals surface area contributed by atoms with Crippen LogP contribution in [0.15, 0.2) is 24.3 Å². The minimum Gasteiger partial charge on any atom is -0.492 e. The van der Waals surface area contributed by atoms with Crippen molar-refractivity contribution in [3.05, 3.63) is 29.8 Å². The molecule has 0 atom stereocenters. The van der Waals surface area contributed by atoms with Crippen molar-refractivity contribution in [3.8, 4) is 5.75 Å². The Morgan fingerprint density at radius 2 is 1.75 bits per heavy atom. The fourth-order valence-corrected chi connectivity index (χ4v) is 2.68. The lowest BCUT2D eigenvalue weighted by Gasteiger charge is -2.31. The summed E-state index contributed by atoms with van der Waals surface area (Å²) < 4.78 is 5.69. The van der Waals surface area contributed by atoms with E-state index in [1.807, 2.05) is 12.1 Å². The van der Waals surface area contributed by atoms with Gasteiger partial charge >= 0.3 is 0 Å². The van der Waals surface area contributed by atoms with Crippen molar-refractivity contribution in [2.75, 3.05) is 52.9 Å². The van der Waals surface area contributed by atoms with E-state index in [0.29, 0.717) is 19.7 Å². The first-order valence-electron chi connectivity index (χ1n) is 8.75. The van der Waals surface area contributed by atoms with Crippen LogP contribution in [0.2, 0.25) is 0 Å². The van der Waals surface area contributed by atoms with E-state index in [0.717, 1.165) is 31.9 Å². The van der Waals surface area contributed by atoms with Crippen LogP contribution in [0.25, 0.3) is 0 Å². The van der Waals surface area contributed by atoms with Crippen molar-refractivity contribution < 1.29 is 9.53 Å². The zero-order chi connectivity index (χ0) is 17.6. The van der Waals surface area contributed by atoms with Gasteiger partial charge in [-0.05, 0) is 30.2 Å². The minimum atomic E-state index is 0.0752. The van der Waals surface area contributed by atoms with Crippen LogP contribution in [0.3, 0.4) is 0 Å². The molecule has 0 saturated carbocycles. The Balaban J connectivity index is 1.63. The van der Waals surface area contributed by atoms with Crippen molar-refractivity contribution in [2.45, 2.75) is 26.2 Å². The average molecular weight is 333 g/mol. The van der Waals surface area contributed by atoms with E-state index in [9.17, 15) is 4.79 Å². The van der Waals surface area contributed by atoms with E-state index >= 15 is 0 Å². The standard InChI is InChI=1S/C19H31N3O2/c1-19(2,3)16-5-7-17(8-6-16)24-14-9-20-18(23)15-22-12-10-21(4)11-13-22/h5-8H,9-15H2,1-4H3,(H,20,23). The number of carbonyl (C=O) groups excluding carboxylic acids is 1. The number of hydrogen-bond donors (Lipinski definition) is 1. The number of ether oxygens (including phenoxy) is 1. The molecule has 0 radical (unpaired) electrons. The second-order valence-electron chi connectivity index (χ2n) is 7.55. The summed E-state index contributed by atoms with van der Waals surface area (Å²) >= 11 is 0. The van der Waals surface area contributed by atoms with E-state index < -0.39 is 0 Å². The number of carbonyl (C=O) groups is 1. The summed E-state index contributed by atoms with van der Waals surface area (Å²) in [4.78, 5) is 16.4.